The number of rotatable bonds is 1. The summed E-state index contributed by atoms with van der Waals surface area (Å²) in [5, 5.41) is 0. The van der Waals surface area contributed by atoms with Gasteiger partial charge in [0.25, 0.3) is 0 Å². The number of fused-ring (bicyclic) bond motifs is 3. The fourth-order valence-corrected chi connectivity index (χ4v) is 3.61. The molecule has 0 unspecified atom stereocenters. The molecule has 0 aliphatic carbocycles. The highest BCUT2D eigenvalue weighted by atomic mass is 16.6. The van der Waals surface area contributed by atoms with E-state index in [9.17, 15) is 9.59 Å². The van der Waals surface area contributed by atoms with Crippen molar-refractivity contribution in [2.75, 3.05) is 18.0 Å². The summed E-state index contributed by atoms with van der Waals surface area (Å²) >= 11 is 0. The predicted octanol–water partition coefficient (Wildman–Crippen LogP) is 3.36. The summed E-state index contributed by atoms with van der Waals surface area (Å²) in [4.78, 5) is 33.7. The quantitative estimate of drug-likeness (QED) is 0.724. The highest BCUT2D eigenvalue weighted by Gasteiger charge is 2.34. The number of likely N-dealkylation sites (tertiary alicyclic amines) is 1. The molecule has 0 bridgehead atoms. The molecule has 0 radical (unpaired) electrons. The minimum Gasteiger partial charge on any atom is -0.455 e. The van der Waals surface area contributed by atoms with Crippen LogP contribution in [-0.2, 0) is 11.3 Å². The molecule has 0 spiro atoms. The first kappa shape index (κ1) is 17.6. The van der Waals surface area contributed by atoms with Crippen molar-refractivity contribution in [1.29, 1.82) is 0 Å². The molecule has 1 fully saturated rings. The minimum atomic E-state index is -0.606. The van der Waals surface area contributed by atoms with Gasteiger partial charge < -0.3 is 9.64 Å². The van der Waals surface area contributed by atoms with Crippen molar-refractivity contribution < 1.29 is 14.3 Å². The van der Waals surface area contributed by atoms with Gasteiger partial charge in [-0.15, -0.1) is 0 Å². The number of ether oxygens (including phenoxy) is 1. The molecule has 142 valence electrons. The number of nitrogens with zero attached hydrogens (tertiary/aromatic N) is 4. The van der Waals surface area contributed by atoms with Crippen molar-refractivity contribution in [3.05, 3.63) is 42.0 Å². The second-order valence-corrected chi connectivity index (χ2v) is 7.96. The molecule has 4 rings (SSSR count). The second kappa shape index (κ2) is 6.40. The molecular formula is C20H24N4O3. The van der Waals surface area contributed by atoms with Crippen LogP contribution in [0.4, 0.5) is 10.5 Å². The number of anilines is 1. The lowest BCUT2D eigenvalue weighted by atomic mass is 10.1. The Morgan fingerprint density at radius 1 is 1.07 bits per heavy atom. The van der Waals surface area contributed by atoms with Crippen molar-refractivity contribution in [2.45, 2.75) is 45.8 Å². The van der Waals surface area contributed by atoms with Crippen LogP contribution in [0, 0.1) is 0 Å². The largest absolute Gasteiger partial charge is 0.455 e. The fourth-order valence-electron chi connectivity index (χ4n) is 3.61. The van der Waals surface area contributed by atoms with Gasteiger partial charge in [-0.3, -0.25) is 9.47 Å². The van der Waals surface area contributed by atoms with Gasteiger partial charge in [-0.2, -0.15) is 0 Å². The van der Waals surface area contributed by atoms with Gasteiger partial charge in [0.1, 0.15) is 11.9 Å². The molecule has 2 aromatic rings. The molecule has 2 aliphatic heterocycles. The highest BCUT2D eigenvalue weighted by Crippen LogP contribution is 2.34. The van der Waals surface area contributed by atoms with Gasteiger partial charge in [0.15, 0.2) is 5.69 Å². The minimum absolute atomic E-state index is 0.0254. The Morgan fingerprint density at radius 3 is 2.41 bits per heavy atom. The molecule has 7 heteroatoms. The monoisotopic (exact) mass is 368 g/mol. The summed E-state index contributed by atoms with van der Waals surface area (Å²) in [6.07, 6.45) is 3.69. The summed E-state index contributed by atoms with van der Waals surface area (Å²) in [7, 11) is 0. The Hall–Kier alpha value is -2.83. The van der Waals surface area contributed by atoms with E-state index in [1.165, 1.54) is 0 Å². The highest BCUT2D eigenvalue weighted by molar-refractivity contribution is 5.96. The molecule has 0 saturated carbocycles. The van der Waals surface area contributed by atoms with Crippen molar-refractivity contribution in [3.8, 4) is 5.69 Å². The normalized spacial score (nSPS) is 16.1. The summed E-state index contributed by atoms with van der Waals surface area (Å²) in [5.41, 5.74) is 2.00. The maximum atomic E-state index is 13.1. The van der Waals surface area contributed by atoms with E-state index in [1.807, 2.05) is 54.5 Å². The average Bonchev–Trinajstić information content (AvgIpc) is 3.28. The lowest BCUT2D eigenvalue weighted by Gasteiger charge is -2.33. The Morgan fingerprint density at radius 2 is 1.74 bits per heavy atom. The zero-order valence-corrected chi connectivity index (χ0v) is 15.9. The molecule has 27 heavy (non-hydrogen) atoms. The van der Waals surface area contributed by atoms with Crippen LogP contribution in [0.3, 0.4) is 0 Å². The van der Waals surface area contributed by atoms with Gasteiger partial charge in [0, 0.05) is 13.1 Å². The maximum absolute atomic E-state index is 13.1. The molecule has 1 aromatic heterocycles. The number of carbonyl (C=O) groups is 2. The first-order valence-corrected chi connectivity index (χ1v) is 9.30. The third-order valence-corrected chi connectivity index (χ3v) is 4.81. The van der Waals surface area contributed by atoms with Gasteiger partial charge in [-0.1, -0.05) is 12.1 Å². The fraction of sp³-hybridized carbons (Fsp3) is 0.450. The van der Waals surface area contributed by atoms with Crippen LogP contribution in [0.25, 0.3) is 5.69 Å². The molecule has 0 N–H and O–H groups in total. The number of benzene rings is 1. The van der Waals surface area contributed by atoms with Crippen LogP contribution in [0.15, 0.2) is 30.6 Å². The van der Waals surface area contributed by atoms with E-state index >= 15 is 0 Å². The Balaban J connectivity index is 1.74. The molecule has 3 heterocycles. The third kappa shape index (κ3) is 3.18. The Kier molecular flexibility index (Phi) is 4.17. The molecule has 7 nitrogen and oxygen atoms in total. The van der Waals surface area contributed by atoms with Crippen LogP contribution >= 0.6 is 0 Å². The number of amides is 2. The van der Waals surface area contributed by atoms with Gasteiger partial charge in [0.2, 0.25) is 0 Å². The van der Waals surface area contributed by atoms with Gasteiger partial charge in [-0.25, -0.2) is 14.6 Å². The third-order valence-electron chi connectivity index (χ3n) is 4.81. The van der Waals surface area contributed by atoms with E-state index in [1.54, 1.807) is 11.2 Å². The Labute approximate surface area is 158 Å². The summed E-state index contributed by atoms with van der Waals surface area (Å²) in [5.74, 6) is -0.468. The van der Waals surface area contributed by atoms with Crippen molar-refractivity contribution in [3.63, 3.8) is 0 Å². The molecule has 2 amide bonds. The van der Waals surface area contributed by atoms with Crippen LogP contribution in [0.2, 0.25) is 0 Å². The van der Waals surface area contributed by atoms with E-state index in [0.29, 0.717) is 12.2 Å². The predicted molar refractivity (Wildman–Crippen MR) is 101 cm³/mol. The van der Waals surface area contributed by atoms with E-state index in [-0.39, 0.29) is 11.7 Å². The van der Waals surface area contributed by atoms with Crippen LogP contribution in [-0.4, -0.2) is 45.1 Å². The first-order chi connectivity index (χ1) is 12.8. The number of esters is 1. The SMILES string of the molecule is CC(C)(C)OC(=O)c1ncn2c1CN(C(=O)N1CCCC1)c1ccccc1-2. The average molecular weight is 368 g/mol. The summed E-state index contributed by atoms with van der Waals surface area (Å²) < 4.78 is 7.38. The smallest absolute Gasteiger partial charge is 0.359 e. The topological polar surface area (TPSA) is 67.7 Å². The van der Waals surface area contributed by atoms with Crippen molar-refractivity contribution in [2.24, 2.45) is 0 Å². The van der Waals surface area contributed by atoms with E-state index in [4.69, 9.17) is 4.74 Å². The standard InChI is InChI=1S/C20H24N4O3/c1-20(2,3)27-18(25)17-16-12-23(19(26)22-10-6-7-11-22)14-8-4-5-9-15(14)24(16)13-21-17/h4-5,8-9,13H,6-7,10-12H2,1-3H3. The van der Waals surface area contributed by atoms with E-state index in [0.717, 1.165) is 37.3 Å². The lowest BCUT2D eigenvalue weighted by Crippen LogP contribution is -2.44. The molecule has 0 atom stereocenters. The zero-order chi connectivity index (χ0) is 19.2. The first-order valence-electron chi connectivity index (χ1n) is 9.30. The van der Waals surface area contributed by atoms with Crippen molar-refractivity contribution in [1.82, 2.24) is 14.5 Å². The van der Waals surface area contributed by atoms with Crippen LogP contribution in [0.5, 0.6) is 0 Å². The maximum Gasteiger partial charge on any atom is 0.359 e. The zero-order valence-electron chi connectivity index (χ0n) is 15.9. The van der Waals surface area contributed by atoms with E-state index < -0.39 is 11.6 Å². The van der Waals surface area contributed by atoms with Crippen LogP contribution < -0.4 is 4.90 Å². The Bertz CT molecular complexity index is 891. The van der Waals surface area contributed by atoms with Gasteiger partial charge in [-0.05, 0) is 45.7 Å². The van der Waals surface area contributed by atoms with E-state index in [2.05, 4.69) is 4.98 Å². The molecular weight excluding hydrogens is 344 g/mol. The van der Waals surface area contributed by atoms with Gasteiger partial charge in [0.05, 0.1) is 23.6 Å². The second-order valence-electron chi connectivity index (χ2n) is 7.96. The summed E-state index contributed by atoms with van der Waals surface area (Å²) in [6, 6.07) is 7.67. The molecule has 2 aliphatic rings. The number of hydrogen-bond donors (Lipinski definition) is 0. The summed E-state index contributed by atoms with van der Waals surface area (Å²) in [6.45, 7) is 7.32. The van der Waals surface area contributed by atoms with Crippen LogP contribution in [0.1, 0.15) is 49.8 Å². The molecule has 1 saturated heterocycles. The number of aromatic nitrogens is 2. The number of carbonyl (C=O) groups excluding carboxylic acids is 2. The van der Waals surface area contributed by atoms with Crippen molar-refractivity contribution >= 4 is 17.7 Å². The number of hydrogen-bond acceptors (Lipinski definition) is 4. The number of urea groups is 1. The number of imidazole rings is 1. The lowest BCUT2D eigenvalue weighted by molar-refractivity contribution is 0.00619. The molecule has 1 aromatic carbocycles. The van der Waals surface area contributed by atoms with Gasteiger partial charge >= 0.3 is 12.0 Å². The number of para-hydroxylation sites is 2.